The quantitative estimate of drug-likeness (QED) is 0.706. The van der Waals surface area contributed by atoms with E-state index < -0.39 is 0 Å². The van der Waals surface area contributed by atoms with Gasteiger partial charge >= 0.3 is 0 Å². The molecular formula is C9H7ClO4. The molecule has 0 amide bonds. The Kier molecular flexibility index (Phi) is 2.21. The van der Waals surface area contributed by atoms with Crippen molar-refractivity contribution < 1.29 is 19.0 Å². The van der Waals surface area contributed by atoms with Crippen LogP contribution in [0.1, 0.15) is 10.4 Å². The van der Waals surface area contributed by atoms with Gasteiger partial charge in [-0.2, -0.15) is 0 Å². The first-order valence-corrected chi connectivity index (χ1v) is 4.27. The van der Waals surface area contributed by atoms with E-state index in [-0.39, 0.29) is 11.8 Å². The minimum atomic E-state index is 0.112. The fourth-order valence-corrected chi connectivity index (χ4v) is 1.63. The largest absolute Gasteiger partial charge is 0.494 e. The molecular weight excluding hydrogens is 208 g/mol. The highest BCUT2D eigenvalue weighted by Crippen LogP contribution is 2.45. The molecule has 0 fully saturated rings. The first-order valence-electron chi connectivity index (χ1n) is 3.89. The zero-order chi connectivity index (χ0) is 10.1. The summed E-state index contributed by atoms with van der Waals surface area (Å²) in [4.78, 5) is 10.7. The Labute approximate surface area is 85.3 Å². The lowest BCUT2D eigenvalue weighted by Crippen LogP contribution is -1.93. The van der Waals surface area contributed by atoms with Crippen molar-refractivity contribution >= 4 is 17.9 Å². The molecule has 0 aliphatic carbocycles. The van der Waals surface area contributed by atoms with Crippen LogP contribution in [0, 0.1) is 0 Å². The molecule has 0 saturated heterocycles. The molecule has 0 unspecified atom stereocenters. The Morgan fingerprint density at radius 3 is 3.00 bits per heavy atom. The van der Waals surface area contributed by atoms with Gasteiger partial charge in [0.25, 0.3) is 0 Å². The molecule has 0 N–H and O–H groups in total. The summed E-state index contributed by atoms with van der Waals surface area (Å²) in [6.07, 6.45) is 0.659. The number of hydrogen-bond acceptors (Lipinski definition) is 4. The van der Waals surface area contributed by atoms with Gasteiger partial charge in [-0.05, 0) is 6.07 Å². The van der Waals surface area contributed by atoms with Crippen molar-refractivity contribution in [3.8, 4) is 17.2 Å². The van der Waals surface area contributed by atoms with Gasteiger partial charge < -0.3 is 14.2 Å². The summed E-state index contributed by atoms with van der Waals surface area (Å²) >= 11 is 5.95. The van der Waals surface area contributed by atoms with Gasteiger partial charge in [0.15, 0.2) is 23.5 Å². The minimum absolute atomic E-state index is 0.112. The molecule has 74 valence electrons. The molecule has 2 rings (SSSR count). The number of fused-ring (bicyclic) bond motifs is 1. The summed E-state index contributed by atoms with van der Waals surface area (Å²) in [5.41, 5.74) is 0.349. The monoisotopic (exact) mass is 214 g/mol. The number of methoxy groups -OCH3 is 1. The van der Waals surface area contributed by atoms with Gasteiger partial charge in [-0.3, -0.25) is 4.79 Å². The summed E-state index contributed by atoms with van der Waals surface area (Å²) in [5.74, 6) is 1.21. The molecule has 0 bridgehead atoms. The lowest BCUT2D eigenvalue weighted by Gasteiger charge is -2.07. The lowest BCUT2D eigenvalue weighted by molar-refractivity contribution is 0.112. The Morgan fingerprint density at radius 1 is 1.57 bits per heavy atom. The molecule has 14 heavy (non-hydrogen) atoms. The third-order valence-electron chi connectivity index (χ3n) is 1.92. The van der Waals surface area contributed by atoms with Crippen molar-refractivity contribution in [2.24, 2.45) is 0 Å². The van der Waals surface area contributed by atoms with Crippen molar-refractivity contribution in [1.82, 2.24) is 0 Å². The second-order valence-corrected chi connectivity index (χ2v) is 3.04. The predicted octanol–water partition coefficient (Wildman–Crippen LogP) is 1.89. The number of hydrogen-bond donors (Lipinski definition) is 0. The number of aldehydes is 1. The number of carbonyl (C=O) groups excluding carboxylic acids is 1. The van der Waals surface area contributed by atoms with Crippen molar-refractivity contribution in [3.63, 3.8) is 0 Å². The molecule has 1 aliphatic heterocycles. The van der Waals surface area contributed by atoms with Crippen LogP contribution in [0.5, 0.6) is 17.2 Å². The standard InChI is InChI=1S/C9H7ClO4/c1-12-8-5(3-11)2-6-9(7(8)10)14-4-13-6/h2-3H,4H2,1H3. The van der Waals surface area contributed by atoms with Crippen LogP contribution in [0.15, 0.2) is 6.07 Å². The maximum atomic E-state index is 10.7. The number of ether oxygens (including phenoxy) is 3. The van der Waals surface area contributed by atoms with Crippen LogP contribution < -0.4 is 14.2 Å². The predicted molar refractivity (Wildman–Crippen MR) is 49.5 cm³/mol. The van der Waals surface area contributed by atoms with E-state index in [1.165, 1.54) is 7.11 Å². The van der Waals surface area contributed by atoms with Gasteiger partial charge in [-0.1, -0.05) is 11.6 Å². The Morgan fingerprint density at radius 2 is 2.36 bits per heavy atom. The normalized spacial score (nSPS) is 12.7. The van der Waals surface area contributed by atoms with E-state index in [4.69, 9.17) is 25.8 Å². The third-order valence-corrected chi connectivity index (χ3v) is 2.26. The highest BCUT2D eigenvalue weighted by molar-refractivity contribution is 6.34. The van der Waals surface area contributed by atoms with Gasteiger partial charge in [0.1, 0.15) is 5.02 Å². The van der Waals surface area contributed by atoms with E-state index in [9.17, 15) is 4.79 Å². The van der Waals surface area contributed by atoms with Gasteiger partial charge in [0.2, 0.25) is 6.79 Å². The maximum Gasteiger partial charge on any atom is 0.231 e. The summed E-state index contributed by atoms with van der Waals surface area (Å²) in [6.45, 7) is 0.112. The van der Waals surface area contributed by atoms with Crippen LogP contribution in [-0.2, 0) is 0 Å². The molecule has 1 heterocycles. The van der Waals surface area contributed by atoms with Crippen LogP contribution in [0.4, 0.5) is 0 Å². The third kappa shape index (κ3) is 1.19. The first-order chi connectivity index (χ1) is 6.77. The Balaban J connectivity index is 2.65. The zero-order valence-electron chi connectivity index (χ0n) is 7.37. The van der Waals surface area contributed by atoms with Gasteiger partial charge in [-0.25, -0.2) is 0 Å². The number of carbonyl (C=O) groups is 1. The lowest BCUT2D eigenvalue weighted by atomic mass is 10.2. The molecule has 0 aromatic heterocycles. The van der Waals surface area contributed by atoms with E-state index in [0.717, 1.165) is 0 Å². The second kappa shape index (κ2) is 3.38. The molecule has 0 spiro atoms. The highest BCUT2D eigenvalue weighted by atomic mass is 35.5. The van der Waals surface area contributed by atoms with Gasteiger partial charge in [0.05, 0.1) is 12.7 Å². The molecule has 1 aliphatic rings. The fourth-order valence-electron chi connectivity index (χ4n) is 1.30. The van der Waals surface area contributed by atoms with Crippen molar-refractivity contribution in [3.05, 3.63) is 16.7 Å². The SMILES string of the molecule is COc1c(C=O)cc2c(c1Cl)OCO2. The smallest absolute Gasteiger partial charge is 0.231 e. The van der Waals surface area contributed by atoms with Crippen LogP contribution in [-0.4, -0.2) is 20.2 Å². The van der Waals surface area contributed by atoms with Gasteiger partial charge in [0, 0.05) is 0 Å². The summed E-state index contributed by atoms with van der Waals surface area (Å²) in [5, 5.41) is 0.268. The van der Waals surface area contributed by atoms with E-state index >= 15 is 0 Å². The molecule has 5 heteroatoms. The van der Waals surface area contributed by atoms with Crippen molar-refractivity contribution in [2.75, 3.05) is 13.9 Å². The van der Waals surface area contributed by atoms with Crippen molar-refractivity contribution in [2.45, 2.75) is 0 Å². The van der Waals surface area contributed by atoms with Crippen LogP contribution in [0.3, 0.4) is 0 Å². The van der Waals surface area contributed by atoms with E-state index in [1.807, 2.05) is 0 Å². The average molecular weight is 215 g/mol. The molecule has 0 saturated carbocycles. The van der Waals surface area contributed by atoms with Crippen LogP contribution >= 0.6 is 11.6 Å². The number of benzene rings is 1. The number of halogens is 1. The molecule has 0 atom stereocenters. The summed E-state index contributed by atoms with van der Waals surface area (Å²) < 4.78 is 15.2. The maximum absolute atomic E-state index is 10.7. The Hall–Kier alpha value is -1.42. The topological polar surface area (TPSA) is 44.8 Å². The average Bonchev–Trinajstić information content (AvgIpc) is 2.65. The summed E-state index contributed by atoms with van der Waals surface area (Å²) in [7, 11) is 1.44. The Bertz CT molecular complexity index is 389. The van der Waals surface area contributed by atoms with E-state index in [1.54, 1.807) is 6.07 Å². The van der Waals surface area contributed by atoms with Crippen LogP contribution in [0.2, 0.25) is 5.02 Å². The minimum Gasteiger partial charge on any atom is -0.494 e. The fraction of sp³-hybridized carbons (Fsp3) is 0.222. The second-order valence-electron chi connectivity index (χ2n) is 2.66. The summed E-state index contributed by atoms with van der Waals surface area (Å²) in [6, 6.07) is 1.54. The molecule has 4 nitrogen and oxygen atoms in total. The number of rotatable bonds is 2. The first kappa shape index (κ1) is 9.15. The van der Waals surface area contributed by atoms with Crippen molar-refractivity contribution in [1.29, 1.82) is 0 Å². The van der Waals surface area contributed by atoms with E-state index in [0.29, 0.717) is 29.1 Å². The molecule has 0 radical (unpaired) electrons. The molecule has 1 aromatic carbocycles. The van der Waals surface area contributed by atoms with Crippen LogP contribution in [0.25, 0.3) is 0 Å². The highest BCUT2D eigenvalue weighted by Gasteiger charge is 2.23. The molecule has 1 aromatic rings. The van der Waals surface area contributed by atoms with E-state index in [2.05, 4.69) is 0 Å². The van der Waals surface area contributed by atoms with Gasteiger partial charge in [-0.15, -0.1) is 0 Å². The zero-order valence-corrected chi connectivity index (χ0v) is 8.13.